The number of alkyl halides is 3. The summed E-state index contributed by atoms with van der Waals surface area (Å²) in [5.41, 5.74) is -0.929. The number of likely N-dealkylation sites (N-methyl/N-ethyl adjacent to an activating group) is 1. The van der Waals surface area contributed by atoms with Gasteiger partial charge >= 0.3 is 6.18 Å². The molecule has 6 nitrogen and oxygen atoms in total. The van der Waals surface area contributed by atoms with Crippen LogP contribution in [0.3, 0.4) is 0 Å². The Balaban J connectivity index is 1.93. The van der Waals surface area contributed by atoms with E-state index >= 15 is 0 Å². The van der Waals surface area contributed by atoms with Crippen molar-refractivity contribution in [3.05, 3.63) is 58.6 Å². The number of amides is 2. The number of carbonyl (C=O) groups is 2. The van der Waals surface area contributed by atoms with Gasteiger partial charge in [-0.15, -0.1) is 0 Å². The summed E-state index contributed by atoms with van der Waals surface area (Å²) >= 11 is 5.53. The largest absolute Gasteiger partial charge is 0.482 e. The van der Waals surface area contributed by atoms with Crippen LogP contribution in [-0.2, 0) is 15.8 Å². The van der Waals surface area contributed by atoms with Crippen LogP contribution in [0.2, 0.25) is 5.02 Å². The van der Waals surface area contributed by atoms with Crippen molar-refractivity contribution in [1.29, 1.82) is 5.26 Å². The van der Waals surface area contributed by atoms with Crippen molar-refractivity contribution >= 4 is 29.1 Å². The molecule has 2 aromatic carbocycles. The van der Waals surface area contributed by atoms with Crippen LogP contribution in [0.15, 0.2) is 42.5 Å². The number of para-hydroxylation sites is 1. The number of halogens is 4. The fraction of sp³-hybridized carbons (Fsp3) is 0.211. The van der Waals surface area contributed by atoms with E-state index in [-0.39, 0.29) is 17.0 Å². The zero-order valence-electron chi connectivity index (χ0n) is 15.1. The van der Waals surface area contributed by atoms with Crippen LogP contribution in [0.25, 0.3) is 0 Å². The SMILES string of the molecule is CN(CC(=O)Nc1ccc(Cl)c(C(F)(F)F)c1)C(=O)COc1ccccc1C#N. The van der Waals surface area contributed by atoms with E-state index in [0.717, 1.165) is 11.0 Å². The van der Waals surface area contributed by atoms with Crippen molar-refractivity contribution in [3.8, 4) is 11.8 Å². The summed E-state index contributed by atoms with van der Waals surface area (Å²) in [4.78, 5) is 25.2. The number of nitrogens with zero attached hydrogens (tertiary/aromatic N) is 2. The summed E-state index contributed by atoms with van der Waals surface area (Å²) in [6.07, 6.45) is -4.67. The lowest BCUT2D eigenvalue weighted by atomic mass is 10.2. The van der Waals surface area contributed by atoms with Crippen LogP contribution in [0.5, 0.6) is 5.75 Å². The number of ether oxygens (including phenoxy) is 1. The minimum absolute atomic E-state index is 0.105. The second kappa shape index (κ2) is 9.30. The van der Waals surface area contributed by atoms with Gasteiger partial charge in [0.25, 0.3) is 5.91 Å². The fourth-order valence-electron chi connectivity index (χ4n) is 2.26. The Labute approximate surface area is 169 Å². The van der Waals surface area contributed by atoms with Crippen LogP contribution in [0, 0.1) is 11.3 Å². The van der Waals surface area contributed by atoms with Crippen LogP contribution in [0.1, 0.15) is 11.1 Å². The maximum absolute atomic E-state index is 12.9. The van der Waals surface area contributed by atoms with Crippen molar-refractivity contribution in [1.82, 2.24) is 4.90 Å². The number of hydrogen-bond donors (Lipinski definition) is 1. The van der Waals surface area contributed by atoms with Gasteiger partial charge in [0.2, 0.25) is 5.91 Å². The van der Waals surface area contributed by atoms with Gasteiger partial charge in [0.15, 0.2) is 6.61 Å². The summed E-state index contributed by atoms with van der Waals surface area (Å²) in [5.74, 6) is -1.03. The molecule has 0 fully saturated rings. The van der Waals surface area contributed by atoms with E-state index < -0.39 is 41.7 Å². The molecule has 0 radical (unpaired) electrons. The van der Waals surface area contributed by atoms with Crippen LogP contribution in [0.4, 0.5) is 18.9 Å². The zero-order chi connectivity index (χ0) is 21.6. The number of hydrogen-bond acceptors (Lipinski definition) is 4. The molecule has 0 aliphatic carbocycles. The fourth-order valence-corrected chi connectivity index (χ4v) is 2.48. The molecule has 0 aliphatic heterocycles. The van der Waals surface area contributed by atoms with Crippen LogP contribution < -0.4 is 10.1 Å². The molecule has 0 bridgehead atoms. The Morgan fingerprint density at radius 3 is 2.59 bits per heavy atom. The molecule has 0 atom stereocenters. The van der Waals surface area contributed by atoms with Gasteiger partial charge in [-0.2, -0.15) is 18.4 Å². The highest BCUT2D eigenvalue weighted by Crippen LogP contribution is 2.36. The Morgan fingerprint density at radius 2 is 1.93 bits per heavy atom. The maximum atomic E-state index is 12.9. The lowest BCUT2D eigenvalue weighted by Crippen LogP contribution is -2.37. The van der Waals surface area contributed by atoms with Gasteiger partial charge in [-0.3, -0.25) is 9.59 Å². The number of rotatable bonds is 6. The normalized spacial score (nSPS) is 10.8. The standard InChI is InChI=1S/C19H15ClF3N3O3/c1-26(18(28)11-29-16-5-3-2-4-12(16)9-24)10-17(27)25-13-6-7-15(20)14(8-13)19(21,22)23/h2-8H,10-11H2,1H3,(H,25,27). The van der Waals surface area contributed by atoms with Crippen molar-refractivity contribution in [2.75, 3.05) is 25.5 Å². The molecule has 0 saturated carbocycles. The van der Waals surface area contributed by atoms with Crippen LogP contribution in [-0.4, -0.2) is 36.9 Å². The lowest BCUT2D eigenvalue weighted by Gasteiger charge is -2.18. The molecule has 29 heavy (non-hydrogen) atoms. The van der Waals surface area contributed by atoms with E-state index in [2.05, 4.69) is 5.32 Å². The highest BCUT2D eigenvalue weighted by molar-refractivity contribution is 6.31. The highest BCUT2D eigenvalue weighted by atomic mass is 35.5. The third kappa shape index (κ3) is 6.12. The first-order chi connectivity index (χ1) is 13.6. The molecular formula is C19H15ClF3N3O3. The molecule has 152 valence electrons. The lowest BCUT2D eigenvalue weighted by molar-refractivity contribution is -0.137. The van der Waals surface area contributed by atoms with Crippen molar-refractivity contribution in [3.63, 3.8) is 0 Å². The second-order valence-electron chi connectivity index (χ2n) is 5.89. The smallest absolute Gasteiger partial charge is 0.417 e. The third-order valence-corrected chi connectivity index (χ3v) is 4.05. The molecule has 2 amide bonds. The van der Waals surface area contributed by atoms with Crippen LogP contribution >= 0.6 is 11.6 Å². The molecule has 0 saturated heterocycles. The maximum Gasteiger partial charge on any atom is 0.417 e. The first kappa shape index (κ1) is 22.0. The summed E-state index contributed by atoms with van der Waals surface area (Å²) in [5, 5.41) is 10.8. The summed E-state index contributed by atoms with van der Waals surface area (Å²) in [6, 6.07) is 11.2. The molecule has 0 heterocycles. The van der Waals surface area contributed by atoms with E-state index in [1.165, 1.54) is 25.2 Å². The molecule has 0 aromatic heterocycles. The van der Waals surface area contributed by atoms with Gasteiger partial charge in [0.1, 0.15) is 11.8 Å². The second-order valence-corrected chi connectivity index (χ2v) is 6.29. The number of carbonyl (C=O) groups excluding carboxylic acids is 2. The number of anilines is 1. The van der Waals surface area contributed by atoms with Gasteiger partial charge in [-0.25, -0.2) is 0 Å². The minimum atomic E-state index is -4.67. The van der Waals surface area contributed by atoms with E-state index in [9.17, 15) is 22.8 Å². The molecule has 10 heteroatoms. The van der Waals surface area contributed by atoms with Crippen molar-refractivity contribution in [2.45, 2.75) is 6.18 Å². The predicted molar refractivity (Wildman–Crippen MR) is 99.4 cm³/mol. The summed E-state index contributed by atoms with van der Waals surface area (Å²) < 4.78 is 43.9. The van der Waals surface area contributed by atoms with E-state index in [4.69, 9.17) is 21.6 Å². The third-order valence-electron chi connectivity index (χ3n) is 3.72. The molecule has 0 unspecified atom stereocenters. The molecule has 2 aromatic rings. The number of benzene rings is 2. The Morgan fingerprint density at radius 1 is 1.24 bits per heavy atom. The molecule has 0 aliphatic rings. The molecule has 2 rings (SSSR count). The molecule has 1 N–H and O–H groups in total. The number of nitriles is 1. The van der Waals surface area contributed by atoms with Gasteiger partial charge in [-0.05, 0) is 30.3 Å². The Kier molecular flexibility index (Phi) is 7.07. The van der Waals surface area contributed by atoms with E-state index in [0.29, 0.717) is 6.07 Å². The van der Waals surface area contributed by atoms with Crippen molar-refractivity contribution in [2.24, 2.45) is 0 Å². The Hall–Kier alpha value is -3.25. The van der Waals surface area contributed by atoms with Gasteiger partial charge in [0, 0.05) is 12.7 Å². The molecular weight excluding hydrogens is 411 g/mol. The average molecular weight is 426 g/mol. The van der Waals surface area contributed by atoms with Gasteiger partial charge in [-0.1, -0.05) is 23.7 Å². The van der Waals surface area contributed by atoms with Gasteiger partial charge < -0.3 is 15.0 Å². The first-order valence-corrected chi connectivity index (χ1v) is 8.52. The van der Waals surface area contributed by atoms with Gasteiger partial charge in [0.05, 0.1) is 22.7 Å². The number of nitrogens with one attached hydrogen (secondary N) is 1. The quantitative estimate of drug-likeness (QED) is 0.765. The monoisotopic (exact) mass is 425 g/mol. The van der Waals surface area contributed by atoms with E-state index in [1.807, 2.05) is 6.07 Å². The predicted octanol–water partition coefficient (Wildman–Crippen LogP) is 3.71. The first-order valence-electron chi connectivity index (χ1n) is 8.14. The summed E-state index contributed by atoms with van der Waals surface area (Å²) in [7, 11) is 1.34. The minimum Gasteiger partial charge on any atom is -0.482 e. The van der Waals surface area contributed by atoms with Crippen molar-refractivity contribution < 1.29 is 27.5 Å². The molecule has 0 spiro atoms. The Bertz CT molecular complexity index is 958. The zero-order valence-corrected chi connectivity index (χ0v) is 15.8. The topological polar surface area (TPSA) is 82.4 Å². The van der Waals surface area contributed by atoms with E-state index in [1.54, 1.807) is 12.1 Å². The highest BCUT2D eigenvalue weighted by Gasteiger charge is 2.33. The summed E-state index contributed by atoms with van der Waals surface area (Å²) in [6.45, 7) is -0.826. The average Bonchev–Trinajstić information content (AvgIpc) is 2.66.